The summed E-state index contributed by atoms with van der Waals surface area (Å²) in [4.78, 5) is 3.03. The molecule has 1 heterocycles. The molecule has 2 nitrogen and oxygen atoms in total. The lowest BCUT2D eigenvalue weighted by atomic mass is 10.1. The van der Waals surface area contributed by atoms with E-state index in [2.05, 4.69) is 10.3 Å². The van der Waals surface area contributed by atoms with E-state index in [-0.39, 0.29) is 5.82 Å². The van der Waals surface area contributed by atoms with E-state index in [0.29, 0.717) is 5.15 Å². The Morgan fingerprint density at radius 3 is 3.00 bits per heavy atom. The highest BCUT2D eigenvalue weighted by atomic mass is 35.5. The third kappa shape index (κ3) is 1.98. The van der Waals surface area contributed by atoms with E-state index >= 15 is 0 Å². The van der Waals surface area contributed by atoms with Gasteiger partial charge < -0.3 is 10.3 Å². The van der Waals surface area contributed by atoms with Crippen LogP contribution in [0.4, 0.5) is 4.39 Å². The summed E-state index contributed by atoms with van der Waals surface area (Å²) in [6.45, 7) is 0.823. The van der Waals surface area contributed by atoms with Crippen LogP contribution in [0.15, 0.2) is 18.2 Å². The largest absolute Gasteiger partial charge is 0.345 e. The van der Waals surface area contributed by atoms with E-state index in [9.17, 15) is 4.39 Å². The van der Waals surface area contributed by atoms with Gasteiger partial charge in [0.1, 0.15) is 11.0 Å². The van der Waals surface area contributed by atoms with E-state index in [1.54, 1.807) is 6.07 Å². The number of aromatic amines is 1. The minimum Gasteiger partial charge on any atom is -0.345 e. The molecular weight excluding hydrogens is 215 g/mol. The zero-order valence-corrected chi connectivity index (χ0v) is 9.16. The molecule has 0 aliphatic heterocycles. The molecule has 1 aromatic heterocycles. The van der Waals surface area contributed by atoms with Crippen molar-refractivity contribution in [2.24, 2.45) is 0 Å². The van der Waals surface area contributed by atoms with Crippen molar-refractivity contribution in [3.05, 3.63) is 34.7 Å². The molecule has 0 aliphatic carbocycles. The normalized spacial score (nSPS) is 11.1. The second kappa shape index (κ2) is 4.21. The molecule has 0 saturated heterocycles. The van der Waals surface area contributed by atoms with Crippen molar-refractivity contribution in [2.45, 2.75) is 6.42 Å². The molecule has 0 radical (unpaired) electrons. The second-order valence-electron chi connectivity index (χ2n) is 3.46. The Kier molecular flexibility index (Phi) is 2.93. The fourth-order valence-corrected chi connectivity index (χ4v) is 1.98. The monoisotopic (exact) mass is 226 g/mol. The van der Waals surface area contributed by atoms with Crippen LogP contribution < -0.4 is 5.32 Å². The fourth-order valence-electron chi connectivity index (χ4n) is 1.68. The molecule has 0 amide bonds. The lowest BCUT2D eigenvalue weighted by Crippen LogP contribution is -2.10. The van der Waals surface area contributed by atoms with Gasteiger partial charge >= 0.3 is 0 Å². The van der Waals surface area contributed by atoms with Crippen LogP contribution in [-0.2, 0) is 6.42 Å². The van der Waals surface area contributed by atoms with E-state index < -0.39 is 0 Å². The SMILES string of the molecule is CNCCc1c(Cl)[nH]c2ccc(F)cc12. The molecule has 0 spiro atoms. The van der Waals surface area contributed by atoms with Gasteiger partial charge in [0.05, 0.1) is 0 Å². The molecular formula is C11H12ClFN2. The van der Waals surface area contributed by atoms with Crippen molar-refractivity contribution >= 4 is 22.5 Å². The summed E-state index contributed by atoms with van der Waals surface area (Å²) in [6, 6.07) is 4.65. The number of likely N-dealkylation sites (N-methyl/N-ethyl adjacent to an activating group) is 1. The fraction of sp³-hybridized carbons (Fsp3) is 0.273. The minimum atomic E-state index is -0.233. The van der Waals surface area contributed by atoms with Crippen molar-refractivity contribution in [3.63, 3.8) is 0 Å². The van der Waals surface area contributed by atoms with Crippen molar-refractivity contribution < 1.29 is 4.39 Å². The van der Waals surface area contributed by atoms with Gasteiger partial charge in [0.2, 0.25) is 0 Å². The molecule has 2 N–H and O–H groups in total. The number of hydrogen-bond donors (Lipinski definition) is 2. The Hall–Kier alpha value is -1.06. The first kappa shape index (κ1) is 10.5. The van der Waals surface area contributed by atoms with Gasteiger partial charge in [-0.05, 0) is 43.8 Å². The molecule has 15 heavy (non-hydrogen) atoms. The standard InChI is InChI=1S/C11H12ClFN2/c1-14-5-4-8-9-6-7(13)2-3-10(9)15-11(8)12/h2-3,6,14-15H,4-5H2,1H3. The van der Waals surface area contributed by atoms with Crippen molar-refractivity contribution in [2.75, 3.05) is 13.6 Å². The topological polar surface area (TPSA) is 27.8 Å². The summed E-state index contributed by atoms with van der Waals surface area (Å²) in [5.41, 5.74) is 1.85. The molecule has 0 atom stereocenters. The number of benzene rings is 1. The van der Waals surface area contributed by atoms with E-state index in [4.69, 9.17) is 11.6 Å². The third-order valence-electron chi connectivity index (χ3n) is 2.44. The number of hydrogen-bond acceptors (Lipinski definition) is 1. The Bertz CT molecular complexity index is 479. The van der Waals surface area contributed by atoms with Gasteiger partial charge in [-0.15, -0.1) is 0 Å². The number of fused-ring (bicyclic) bond motifs is 1. The van der Waals surface area contributed by atoms with Crippen LogP contribution in [0.1, 0.15) is 5.56 Å². The van der Waals surface area contributed by atoms with Crippen LogP contribution >= 0.6 is 11.6 Å². The number of nitrogens with one attached hydrogen (secondary N) is 2. The summed E-state index contributed by atoms with van der Waals surface area (Å²) in [5, 5.41) is 4.52. The number of rotatable bonds is 3. The summed E-state index contributed by atoms with van der Waals surface area (Å²) in [5.74, 6) is -0.233. The van der Waals surface area contributed by atoms with E-state index in [0.717, 1.165) is 29.4 Å². The van der Waals surface area contributed by atoms with Crippen molar-refractivity contribution in [1.29, 1.82) is 0 Å². The average molecular weight is 227 g/mol. The summed E-state index contributed by atoms with van der Waals surface area (Å²) in [7, 11) is 1.88. The van der Waals surface area contributed by atoms with E-state index in [1.165, 1.54) is 12.1 Å². The van der Waals surface area contributed by atoms with Gasteiger partial charge in [0.25, 0.3) is 0 Å². The molecule has 0 aliphatic rings. The Labute approximate surface area is 92.4 Å². The maximum Gasteiger partial charge on any atom is 0.123 e. The summed E-state index contributed by atoms with van der Waals surface area (Å²) >= 11 is 6.05. The van der Waals surface area contributed by atoms with Crippen LogP contribution in [0.25, 0.3) is 10.9 Å². The Morgan fingerprint density at radius 2 is 2.27 bits per heavy atom. The zero-order valence-electron chi connectivity index (χ0n) is 8.40. The summed E-state index contributed by atoms with van der Waals surface area (Å²) in [6.07, 6.45) is 0.790. The van der Waals surface area contributed by atoms with Gasteiger partial charge in [-0.3, -0.25) is 0 Å². The lowest BCUT2D eigenvalue weighted by Gasteiger charge is -1.99. The number of aromatic nitrogens is 1. The van der Waals surface area contributed by atoms with Gasteiger partial charge in [0, 0.05) is 10.9 Å². The Morgan fingerprint density at radius 1 is 1.47 bits per heavy atom. The van der Waals surface area contributed by atoms with Crippen LogP contribution in [-0.4, -0.2) is 18.6 Å². The smallest absolute Gasteiger partial charge is 0.123 e. The molecule has 80 valence electrons. The Balaban J connectivity index is 2.50. The predicted molar refractivity (Wildman–Crippen MR) is 60.9 cm³/mol. The predicted octanol–water partition coefficient (Wildman–Crippen LogP) is 2.72. The molecule has 2 aromatic rings. The maximum atomic E-state index is 13.1. The average Bonchev–Trinajstić information content (AvgIpc) is 2.51. The zero-order chi connectivity index (χ0) is 10.8. The molecule has 0 unspecified atom stereocenters. The lowest BCUT2D eigenvalue weighted by molar-refractivity contribution is 0.629. The first-order valence-electron chi connectivity index (χ1n) is 4.82. The van der Waals surface area contributed by atoms with Crippen molar-refractivity contribution in [1.82, 2.24) is 10.3 Å². The van der Waals surface area contributed by atoms with Gasteiger partial charge in [-0.2, -0.15) is 0 Å². The first-order valence-corrected chi connectivity index (χ1v) is 5.20. The summed E-state index contributed by atoms with van der Waals surface area (Å²) < 4.78 is 13.1. The second-order valence-corrected chi connectivity index (χ2v) is 3.84. The van der Waals surface area contributed by atoms with Gasteiger partial charge in [0.15, 0.2) is 0 Å². The van der Waals surface area contributed by atoms with Crippen LogP contribution in [0.5, 0.6) is 0 Å². The highest BCUT2D eigenvalue weighted by molar-refractivity contribution is 6.31. The van der Waals surface area contributed by atoms with Crippen LogP contribution in [0.3, 0.4) is 0 Å². The number of halogens is 2. The van der Waals surface area contributed by atoms with Crippen molar-refractivity contribution in [3.8, 4) is 0 Å². The third-order valence-corrected chi connectivity index (χ3v) is 2.76. The first-order chi connectivity index (χ1) is 7.22. The van der Waals surface area contributed by atoms with Gasteiger partial charge in [-0.25, -0.2) is 4.39 Å². The highest BCUT2D eigenvalue weighted by Gasteiger charge is 2.09. The molecule has 0 saturated carbocycles. The molecule has 1 aromatic carbocycles. The maximum absolute atomic E-state index is 13.1. The van der Waals surface area contributed by atoms with Gasteiger partial charge in [-0.1, -0.05) is 11.6 Å². The molecule has 0 bridgehead atoms. The molecule has 0 fully saturated rings. The molecule has 2 rings (SSSR count). The minimum absolute atomic E-state index is 0.233. The highest BCUT2D eigenvalue weighted by Crippen LogP contribution is 2.26. The number of H-pyrrole nitrogens is 1. The van der Waals surface area contributed by atoms with Crippen LogP contribution in [0, 0.1) is 5.82 Å². The van der Waals surface area contributed by atoms with E-state index in [1.807, 2.05) is 7.05 Å². The quantitative estimate of drug-likeness (QED) is 0.828. The van der Waals surface area contributed by atoms with Crippen LogP contribution in [0.2, 0.25) is 5.15 Å². The molecule has 4 heteroatoms.